The summed E-state index contributed by atoms with van der Waals surface area (Å²) in [6, 6.07) is 1.46. The Bertz CT molecular complexity index is 439. The van der Waals surface area contributed by atoms with Crippen molar-refractivity contribution < 1.29 is 22.3 Å². The summed E-state index contributed by atoms with van der Waals surface area (Å²) >= 11 is 0. The minimum atomic E-state index is -4.14. The van der Waals surface area contributed by atoms with Gasteiger partial charge in [0.05, 0.1) is 18.2 Å². The van der Waals surface area contributed by atoms with Gasteiger partial charge in [0.25, 0.3) is 0 Å². The van der Waals surface area contributed by atoms with E-state index in [1.807, 2.05) is 0 Å². The van der Waals surface area contributed by atoms with Crippen LogP contribution in [0.2, 0.25) is 0 Å². The van der Waals surface area contributed by atoms with E-state index in [0.717, 1.165) is 6.20 Å². The van der Waals surface area contributed by atoms with Crippen molar-refractivity contribution >= 4 is 0 Å². The molecule has 106 valence electrons. The molecule has 0 amide bonds. The number of hydrogen-bond donors (Lipinski definition) is 0. The van der Waals surface area contributed by atoms with E-state index in [0.29, 0.717) is 18.5 Å². The molecule has 0 atom stereocenters. The molecule has 1 saturated carbocycles. The van der Waals surface area contributed by atoms with Gasteiger partial charge in [0.15, 0.2) is 11.6 Å². The highest BCUT2D eigenvalue weighted by Crippen LogP contribution is 2.38. The normalized spacial score (nSPS) is 24.3. The molecule has 0 spiro atoms. The van der Waals surface area contributed by atoms with E-state index in [2.05, 4.69) is 4.98 Å². The highest BCUT2D eigenvalue weighted by Gasteiger charge is 2.41. The number of nitrogens with zero attached hydrogens (tertiary/aromatic N) is 1. The maximum atomic E-state index is 13.4. The van der Waals surface area contributed by atoms with Gasteiger partial charge in [-0.25, -0.2) is 4.39 Å². The number of aromatic nitrogens is 1. The number of ether oxygens (including phenoxy) is 1. The van der Waals surface area contributed by atoms with Crippen molar-refractivity contribution in [2.24, 2.45) is 5.92 Å². The highest BCUT2D eigenvalue weighted by molar-refractivity contribution is 5.24. The minimum absolute atomic E-state index is 0.0415. The first kappa shape index (κ1) is 14.1. The Morgan fingerprint density at radius 1 is 1.21 bits per heavy atom. The van der Waals surface area contributed by atoms with E-state index in [9.17, 15) is 17.6 Å². The summed E-state index contributed by atoms with van der Waals surface area (Å²) in [6.45, 7) is 1.70. The van der Waals surface area contributed by atoms with E-state index in [-0.39, 0.29) is 24.7 Å². The van der Waals surface area contributed by atoms with Crippen LogP contribution in [0.5, 0.6) is 5.75 Å². The van der Waals surface area contributed by atoms with Gasteiger partial charge in [-0.3, -0.25) is 4.98 Å². The predicted octanol–water partition coefficient (Wildman–Crippen LogP) is 4.03. The smallest absolute Gasteiger partial charge is 0.391 e. The monoisotopic (exact) mass is 277 g/mol. The maximum absolute atomic E-state index is 13.4. The SMILES string of the molecule is Cc1cc(OC2CCC(C(F)(F)F)CC2)c(F)cn1. The molecule has 2 rings (SSSR count). The van der Waals surface area contributed by atoms with Crippen LogP contribution in [0, 0.1) is 18.7 Å². The van der Waals surface area contributed by atoms with Crippen molar-refractivity contribution in [3.8, 4) is 5.75 Å². The first-order valence-corrected chi connectivity index (χ1v) is 6.22. The molecule has 0 aliphatic heterocycles. The van der Waals surface area contributed by atoms with Gasteiger partial charge >= 0.3 is 6.18 Å². The number of rotatable bonds is 2. The third-order valence-corrected chi connectivity index (χ3v) is 3.39. The quantitative estimate of drug-likeness (QED) is 0.761. The highest BCUT2D eigenvalue weighted by atomic mass is 19.4. The molecular formula is C13H15F4NO. The largest absolute Gasteiger partial charge is 0.487 e. The number of hydrogen-bond acceptors (Lipinski definition) is 2. The second kappa shape index (κ2) is 5.35. The summed E-state index contributed by atoms with van der Waals surface area (Å²) in [4.78, 5) is 3.77. The van der Waals surface area contributed by atoms with Gasteiger partial charge in [0.1, 0.15) is 0 Å². The molecule has 0 radical (unpaired) electrons. The van der Waals surface area contributed by atoms with Crippen molar-refractivity contribution in [2.75, 3.05) is 0 Å². The van der Waals surface area contributed by atoms with Crippen LogP contribution in [0.1, 0.15) is 31.4 Å². The van der Waals surface area contributed by atoms with Crippen LogP contribution in [-0.4, -0.2) is 17.3 Å². The molecule has 1 aromatic rings. The number of pyridine rings is 1. The molecular weight excluding hydrogens is 262 g/mol. The molecule has 0 saturated heterocycles. The van der Waals surface area contributed by atoms with Crippen molar-refractivity contribution in [2.45, 2.75) is 44.9 Å². The topological polar surface area (TPSA) is 22.1 Å². The van der Waals surface area contributed by atoms with Crippen LogP contribution in [0.4, 0.5) is 17.6 Å². The standard InChI is InChI=1S/C13H15F4NO/c1-8-6-12(11(14)7-18-8)19-10-4-2-9(3-5-10)13(15,16)17/h6-7,9-10H,2-5H2,1H3. The predicted molar refractivity (Wildman–Crippen MR) is 61.4 cm³/mol. The summed E-state index contributed by atoms with van der Waals surface area (Å²) in [5.41, 5.74) is 0.611. The summed E-state index contributed by atoms with van der Waals surface area (Å²) < 4.78 is 56.4. The zero-order chi connectivity index (χ0) is 14.0. The molecule has 1 aliphatic rings. The van der Waals surface area contributed by atoms with E-state index in [1.165, 1.54) is 6.07 Å². The van der Waals surface area contributed by atoms with E-state index in [4.69, 9.17) is 4.74 Å². The molecule has 1 fully saturated rings. The molecule has 19 heavy (non-hydrogen) atoms. The summed E-state index contributed by atoms with van der Waals surface area (Å²) in [5.74, 6) is -1.76. The molecule has 0 bridgehead atoms. The van der Waals surface area contributed by atoms with E-state index < -0.39 is 17.9 Å². The van der Waals surface area contributed by atoms with Gasteiger partial charge in [-0.05, 0) is 32.6 Å². The van der Waals surface area contributed by atoms with Gasteiger partial charge in [-0.2, -0.15) is 13.2 Å². The van der Waals surface area contributed by atoms with Crippen molar-refractivity contribution in [3.05, 3.63) is 23.8 Å². The van der Waals surface area contributed by atoms with Gasteiger partial charge in [0.2, 0.25) is 0 Å². The second-order valence-electron chi connectivity index (χ2n) is 4.89. The van der Waals surface area contributed by atoms with Crippen LogP contribution >= 0.6 is 0 Å². The lowest BCUT2D eigenvalue weighted by Crippen LogP contribution is -2.32. The van der Waals surface area contributed by atoms with E-state index >= 15 is 0 Å². The fourth-order valence-electron chi connectivity index (χ4n) is 2.30. The Kier molecular flexibility index (Phi) is 3.96. The molecule has 0 aromatic carbocycles. The molecule has 1 aromatic heterocycles. The van der Waals surface area contributed by atoms with Gasteiger partial charge in [-0.15, -0.1) is 0 Å². The van der Waals surface area contributed by atoms with Crippen LogP contribution in [0.25, 0.3) is 0 Å². The van der Waals surface area contributed by atoms with E-state index in [1.54, 1.807) is 6.92 Å². The number of halogens is 4. The van der Waals surface area contributed by atoms with Crippen molar-refractivity contribution in [1.82, 2.24) is 4.98 Å². The summed E-state index contributed by atoms with van der Waals surface area (Å²) in [6.07, 6.45) is -2.75. The lowest BCUT2D eigenvalue weighted by molar-refractivity contribution is -0.185. The average Bonchev–Trinajstić information content (AvgIpc) is 2.33. The summed E-state index contributed by atoms with van der Waals surface area (Å²) in [5, 5.41) is 0. The first-order chi connectivity index (χ1) is 8.86. The van der Waals surface area contributed by atoms with Crippen molar-refractivity contribution in [1.29, 1.82) is 0 Å². The molecule has 0 N–H and O–H groups in total. The van der Waals surface area contributed by atoms with Crippen molar-refractivity contribution in [3.63, 3.8) is 0 Å². The Hall–Kier alpha value is -1.33. The van der Waals surface area contributed by atoms with Crippen LogP contribution in [0.3, 0.4) is 0 Å². The van der Waals surface area contributed by atoms with Gasteiger partial charge in [-0.1, -0.05) is 0 Å². The lowest BCUT2D eigenvalue weighted by atomic mass is 9.87. The lowest BCUT2D eigenvalue weighted by Gasteiger charge is -2.30. The molecule has 0 unspecified atom stereocenters. The fraction of sp³-hybridized carbons (Fsp3) is 0.615. The fourth-order valence-corrected chi connectivity index (χ4v) is 2.30. The summed E-state index contributed by atoms with van der Waals surface area (Å²) in [7, 11) is 0. The van der Waals surface area contributed by atoms with Gasteiger partial charge < -0.3 is 4.74 Å². The molecule has 1 aliphatic carbocycles. The first-order valence-electron chi connectivity index (χ1n) is 6.22. The third kappa shape index (κ3) is 3.58. The Morgan fingerprint density at radius 3 is 2.42 bits per heavy atom. The van der Waals surface area contributed by atoms with Crippen LogP contribution < -0.4 is 4.74 Å². The Balaban J connectivity index is 1.94. The van der Waals surface area contributed by atoms with Gasteiger partial charge in [0, 0.05) is 11.8 Å². The molecule has 1 heterocycles. The molecule has 6 heteroatoms. The molecule has 2 nitrogen and oxygen atoms in total. The second-order valence-corrected chi connectivity index (χ2v) is 4.89. The van der Waals surface area contributed by atoms with Crippen LogP contribution in [-0.2, 0) is 0 Å². The number of alkyl halides is 3. The third-order valence-electron chi connectivity index (χ3n) is 3.39. The zero-order valence-electron chi connectivity index (χ0n) is 10.5. The average molecular weight is 277 g/mol. The Labute approximate surface area is 108 Å². The zero-order valence-corrected chi connectivity index (χ0v) is 10.5. The maximum Gasteiger partial charge on any atom is 0.391 e. The number of aryl methyl sites for hydroxylation is 1. The Morgan fingerprint density at radius 2 is 1.84 bits per heavy atom. The van der Waals surface area contributed by atoms with Crippen LogP contribution in [0.15, 0.2) is 12.3 Å². The minimum Gasteiger partial charge on any atom is -0.487 e.